The minimum atomic E-state index is -1.11. The summed E-state index contributed by atoms with van der Waals surface area (Å²) >= 11 is 0. The number of likely N-dealkylation sites (tertiary alicyclic amines) is 1. The van der Waals surface area contributed by atoms with Crippen molar-refractivity contribution in [1.82, 2.24) is 15.8 Å². The van der Waals surface area contributed by atoms with Gasteiger partial charge < -0.3 is 5.11 Å². The number of nitrogens with one attached hydrogen (secondary N) is 2. The van der Waals surface area contributed by atoms with Crippen molar-refractivity contribution in [2.45, 2.75) is 32.2 Å². The molecule has 1 fully saturated rings. The predicted molar refractivity (Wildman–Crippen MR) is 54.3 cm³/mol. The summed E-state index contributed by atoms with van der Waals surface area (Å²) in [5.74, 6) is -0.886. The van der Waals surface area contributed by atoms with E-state index in [9.17, 15) is 14.4 Å². The van der Waals surface area contributed by atoms with Gasteiger partial charge in [0.2, 0.25) is 5.91 Å². The second-order valence-corrected chi connectivity index (χ2v) is 3.66. The highest BCUT2D eigenvalue weighted by molar-refractivity contribution is 5.87. The summed E-state index contributed by atoms with van der Waals surface area (Å²) in [6.45, 7) is 1.61. The van der Waals surface area contributed by atoms with E-state index >= 15 is 0 Å². The summed E-state index contributed by atoms with van der Waals surface area (Å²) in [5, 5.41) is 8.89. The van der Waals surface area contributed by atoms with Crippen molar-refractivity contribution in [3.8, 4) is 0 Å². The van der Waals surface area contributed by atoms with E-state index in [-0.39, 0.29) is 0 Å². The van der Waals surface area contributed by atoms with Crippen LogP contribution < -0.4 is 10.9 Å². The lowest BCUT2D eigenvalue weighted by Gasteiger charge is -2.32. The molecular weight excluding hydrogens is 214 g/mol. The van der Waals surface area contributed by atoms with Gasteiger partial charge in [0.25, 0.3) is 5.91 Å². The Labute approximate surface area is 92.8 Å². The van der Waals surface area contributed by atoms with Crippen LogP contribution in [0.25, 0.3) is 0 Å². The van der Waals surface area contributed by atoms with E-state index in [1.165, 1.54) is 6.92 Å². The van der Waals surface area contributed by atoms with E-state index in [1.54, 1.807) is 0 Å². The number of hydrogen-bond donors (Lipinski definition) is 3. The van der Waals surface area contributed by atoms with Crippen molar-refractivity contribution in [3.63, 3.8) is 0 Å². The van der Waals surface area contributed by atoms with E-state index in [1.807, 2.05) is 0 Å². The summed E-state index contributed by atoms with van der Waals surface area (Å²) in [4.78, 5) is 34.1. The maximum atomic E-state index is 11.6. The number of piperidine rings is 1. The molecule has 3 N–H and O–H groups in total. The van der Waals surface area contributed by atoms with Gasteiger partial charge in [-0.15, -0.1) is 0 Å². The molecule has 90 valence electrons. The molecule has 1 aliphatic heterocycles. The third kappa shape index (κ3) is 3.11. The molecule has 1 rings (SSSR count). The molecule has 0 aliphatic carbocycles. The molecule has 1 atom stereocenters. The summed E-state index contributed by atoms with van der Waals surface area (Å²) in [6, 6.07) is -0.710. The number of carbonyl (C=O) groups excluding carboxylic acids is 2. The van der Waals surface area contributed by atoms with Crippen molar-refractivity contribution < 1.29 is 19.5 Å². The summed E-state index contributed by atoms with van der Waals surface area (Å²) in [7, 11) is 0. The van der Waals surface area contributed by atoms with E-state index in [0.717, 1.165) is 17.7 Å². The summed E-state index contributed by atoms with van der Waals surface area (Å²) in [6.07, 6.45) is 0.943. The van der Waals surface area contributed by atoms with Gasteiger partial charge >= 0.3 is 6.09 Å². The molecule has 0 spiro atoms. The van der Waals surface area contributed by atoms with Crippen LogP contribution in [0.2, 0.25) is 0 Å². The van der Waals surface area contributed by atoms with Crippen molar-refractivity contribution in [2.24, 2.45) is 0 Å². The monoisotopic (exact) mass is 229 g/mol. The molecule has 0 radical (unpaired) electrons. The Morgan fingerprint density at radius 2 is 1.94 bits per heavy atom. The van der Waals surface area contributed by atoms with Crippen LogP contribution in [-0.2, 0) is 9.59 Å². The Morgan fingerprint density at radius 3 is 2.50 bits per heavy atom. The Kier molecular flexibility index (Phi) is 4.10. The van der Waals surface area contributed by atoms with E-state index in [0.29, 0.717) is 13.0 Å². The maximum Gasteiger partial charge on any atom is 0.407 e. The molecule has 0 saturated carbocycles. The summed E-state index contributed by atoms with van der Waals surface area (Å²) < 4.78 is 0. The van der Waals surface area contributed by atoms with Crippen molar-refractivity contribution in [2.75, 3.05) is 6.54 Å². The van der Waals surface area contributed by atoms with E-state index in [2.05, 4.69) is 10.9 Å². The number of carboxylic acid groups (broad SMARTS) is 1. The van der Waals surface area contributed by atoms with Crippen LogP contribution in [0.15, 0.2) is 0 Å². The first-order chi connectivity index (χ1) is 7.52. The highest BCUT2D eigenvalue weighted by Gasteiger charge is 2.31. The number of hydrazine groups is 1. The van der Waals surface area contributed by atoms with Crippen molar-refractivity contribution in [1.29, 1.82) is 0 Å². The molecule has 3 amide bonds. The Bertz CT molecular complexity index is 305. The lowest BCUT2D eigenvalue weighted by atomic mass is 10.0. The molecule has 1 unspecified atom stereocenters. The largest absolute Gasteiger partial charge is 0.465 e. The normalized spacial score (nSPS) is 20.1. The van der Waals surface area contributed by atoms with Crippen LogP contribution in [-0.4, -0.2) is 40.5 Å². The fourth-order valence-electron chi connectivity index (χ4n) is 1.67. The van der Waals surface area contributed by atoms with Gasteiger partial charge in [-0.1, -0.05) is 0 Å². The fraction of sp³-hybridized carbons (Fsp3) is 0.667. The molecule has 0 bridgehead atoms. The topological polar surface area (TPSA) is 98.7 Å². The van der Waals surface area contributed by atoms with Crippen LogP contribution in [0.4, 0.5) is 4.79 Å². The molecule has 0 aromatic rings. The minimum Gasteiger partial charge on any atom is -0.465 e. The average molecular weight is 229 g/mol. The molecule has 1 saturated heterocycles. The van der Waals surface area contributed by atoms with Gasteiger partial charge in [-0.05, 0) is 19.3 Å². The standard InChI is InChI=1S/C9H15N3O4/c1-6(13)10-11-8(14)7-4-2-3-5-12(7)9(15)16/h7H,2-5H2,1H3,(H,10,13)(H,11,14)(H,15,16). The Balaban J connectivity index is 2.57. The first kappa shape index (κ1) is 12.3. The van der Waals surface area contributed by atoms with E-state index < -0.39 is 23.9 Å². The van der Waals surface area contributed by atoms with Crippen LogP contribution >= 0.6 is 0 Å². The average Bonchev–Trinajstić information content (AvgIpc) is 2.25. The van der Waals surface area contributed by atoms with Crippen LogP contribution in [0.1, 0.15) is 26.2 Å². The molecule has 0 aromatic carbocycles. The SMILES string of the molecule is CC(=O)NNC(=O)C1CCCCN1C(=O)O. The van der Waals surface area contributed by atoms with Gasteiger partial charge in [0.05, 0.1) is 0 Å². The van der Waals surface area contributed by atoms with Gasteiger partial charge in [-0.2, -0.15) is 0 Å². The first-order valence-electron chi connectivity index (χ1n) is 5.08. The smallest absolute Gasteiger partial charge is 0.407 e. The molecular formula is C9H15N3O4. The second kappa shape index (κ2) is 5.34. The second-order valence-electron chi connectivity index (χ2n) is 3.66. The molecule has 7 nitrogen and oxygen atoms in total. The number of hydrogen-bond acceptors (Lipinski definition) is 3. The zero-order valence-electron chi connectivity index (χ0n) is 9.02. The Hall–Kier alpha value is -1.79. The molecule has 16 heavy (non-hydrogen) atoms. The van der Waals surface area contributed by atoms with Gasteiger partial charge in [0, 0.05) is 13.5 Å². The zero-order valence-corrected chi connectivity index (χ0v) is 9.02. The maximum absolute atomic E-state index is 11.6. The number of rotatable bonds is 1. The van der Waals surface area contributed by atoms with E-state index in [4.69, 9.17) is 5.11 Å². The summed E-state index contributed by atoms with van der Waals surface area (Å²) in [5.41, 5.74) is 4.34. The van der Waals surface area contributed by atoms with Gasteiger partial charge in [-0.25, -0.2) is 4.79 Å². The highest BCUT2D eigenvalue weighted by Crippen LogP contribution is 2.16. The minimum absolute atomic E-state index is 0.355. The molecule has 0 aromatic heterocycles. The lowest BCUT2D eigenvalue weighted by Crippen LogP contribution is -2.55. The first-order valence-corrected chi connectivity index (χ1v) is 5.08. The van der Waals surface area contributed by atoms with Crippen LogP contribution in [0.3, 0.4) is 0 Å². The van der Waals surface area contributed by atoms with Crippen molar-refractivity contribution in [3.05, 3.63) is 0 Å². The van der Waals surface area contributed by atoms with Crippen LogP contribution in [0, 0.1) is 0 Å². The zero-order chi connectivity index (χ0) is 12.1. The highest BCUT2D eigenvalue weighted by atomic mass is 16.4. The number of carbonyl (C=O) groups is 3. The number of nitrogens with zero attached hydrogens (tertiary/aromatic N) is 1. The van der Waals surface area contributed by atoms with Gasteiger partial charge in [0.15, 0.2) is 0 Å². The van der Waals surface area contributed by atoms with Crippen LogP contribution in [0.5, 0.6) is 0 Å². The molecule has 1 aliphatic rings. The third-order valence-corrected chi connectivity index (χ3v) is 2.41. The quantitative estimate of drug-likeness (QED) is 0.537. The predicted octanol–water partition coefficient (Wildman–Crippen LogP) is -0.314. The van der Waals surface area contributed by atoms with Gasteiger partial charge in [0.1, 0.15) is 6.04 Å². The lowest BCUT2D eigenvalue weighted by molar-refractivity contribution is -0.131. The van der Waals surface area contributed by atoms with Gasteiger partial charge in [-0.3, -0.25) is 25.3 Å². The third-order valence-electron chi connectivity index (χ3n) is 2.41. The van der Waals surface area contributed by atoms with Crippen molar-refractivity contribution >= 4 is 17.9 Å². The Morgan fingerprint density at radius 1 is 1.25 bits per heavy atom. The molecule has 1 heterocycles. The fourth-order valence-corrected chi connectivity index (χ4v) is 1.67. The molecule has 7 heteroatoms. The number of amides is 3.